The van der Waals surface area contributed by atoms with E-state index in [1.165, 1.54) is 24.6 Å². The highest BCUT2D eigenvalue weighted by atomic mass is 32.2. The minimum atomic E-state index is -0.687. The number of carboxylic acid groups (broad SMARTS) is 1. The number of thioether (sulfide) groups is 1. The van der Waals surface area contributed by atoms with Gasteiger partial charge in [0.05, 0.1) is 0 Å². The molecule has 1 atom stereocenters. The molecule has 0 aliphatic heterocycles. The number of carboxylic acids is 1. The summed E-state index contributed by atoms with van der Waals surface area (Å²) in [6, 6.07) is 0. The van der Waals surface area contributed by atoms with Gasteiger partial charge in [0.1, 0.15) is 5.25 Å². The van der Waals surface area contributed by atoms with Crippen LogP contribution in [0.15, 0.2) is 12.7 Å². The Morgan fingerprint density at radius 2 is 2.21 bits per heavy atom. The molecule has 14 heavy (non-hydrogen) atoms. The van der Waals surface area contributed by atoms with Crippen molar-refractivity contribution in [2.24, 2.45) is 0 Å². The van der Waals surface area contributed by atoms with E-state index in [0.29, 0.717) is 0 Å². The van der Waals surface area contributed by atoms with Crippen molar-refractivity contribution in [1.82, 2.24) is 0 Å². The Balaban J connectivity index is 3.62. The summed E-state index contributed by atoms with van der Waals surface area (Å²) in [6.07, 6.45) is 7.11. The minimum absolute atomic E-state index is 0.246. The summed E-state index contributed by atoms with van der Waals surface area (Å²) >= 11 is 1.47. The molecule has 0 aliphatic carbocycles. The predicted molar refractivity (Wildman–Crippen MR) is 62.8 cm³/mol. The molecule has 82 valence electrons. The van der Waals surface area contributed by atoms with Crippen LogP contribution in [0.1, 0.15) is 39.0 Å². The summed E-state index contributed by atoms with van der Waals surface area (Å²) in [4.78, 5) is 10.8. The van der Waals surface area contributed by atoms with Crippen LogP contribution in [0, 0.1) is 0 Å². The number of rotatable bonds is 9. The normalized spacial score (nSPS) is 12.4. The van der Waals surface area contributed by atoms with Gasteiger partial charge in [-0.15, -0.1) is 18.3 Å². The van der Waals surface area contributed by atoms with E-state index in [2.05, 4.69) is 13.5 Å². The first-order valence-corrected chi connectivity index (χ1v) is 6.22. The van der Waals surface area contributed by atoms with Crippen molar-refractivity contribution in [3.63, 3.8) is 0 Å². The maximum atomic E-state index is 10.8. The Morgan fingerprint density at radius 1 is 1.50 bits per heavy atom. The van der Waals surface area contributed by atoms with E-state index in [9.17, 15) is 4.79 Å². The summed E-state index contributed by atoms with van der Waals surface area (Å²) in [5, 5.41) is 8.66. The van der Waals surface area contributed by atoms with Crippen LogP contribution >= 0.6 is 11.8 Å². The molecule has 0 fully saturated rings. The van der Waals surface area contributed by atoms with E-state index in [-0.39, 0.29) is 5.25 Å². The second kappa shape index (κ2) is 9.13. The van der Waals surface area contributed by atoms with Gasteiger partial charge < -0.3 is 5.11 Å². The standard InChI is InChI=1S/C11H20O2S/c1-3-5-6-7-8-10(11(12)13)14-9-4-2/h4,10H,2-3,5-9H2,1H3,(H,12,13). The van der Waals surface area contributed by atoms with Crippen molar-refractivity contribution in [2.45, 2.75) is 44.3 Å². The van der Waals surface area contributed by atoms with Gasteiger partial charge in [-0.05, 0) is 6.42 Å². The van der Waals surface area contributed by atoms with Gasteiger partial charge in [-0.2, -0.15) is 0 Å². The quantitative estimate of drug-likeness (QED) is 0.474. The van der Waals surface area contributed by atoms with E-state index in [4.69, 9.17) is 5.11 Å². The zero-order chi connectivity index (χ0) is 10.8. The summed E-state index contributed by atoms with van der Waals surface area (Å²) in [7, 11) is 0. The van der Waals surface area contributed by atoms with Gasteiger partial charge in [-0.3, -0.25) is 4.79 Å². The van der Waals surface area contributed by atoms with Gasteiger partial charge in [-0.1, -0.05) is 38.7 Å². The minimum Gasteiger partial charge on any atom is -0.480 e. The molecule has 0 spiro atoms. The fraction of sp³-hybridized carbons (Fsp3) is 0.727. The second-order valence-electron chi connectivity index (χ2n) is 3.30. The van der Waals surface area contributed by atoms with Gasteiger partial charge in [0.25, 0.3) is 0 Å². The van der Waals surface area contributed by atoms with E-state index < -0.39 is 5.97 Å². The third kappa shape index (κ3) is 7.01. The lowest BCUT2D eigenvalue weighted by Crippen LogP contribution is -2.16. The molecular formula is C11H20O2S. The molecule has 0 bridgehead atoms. The molecule has 2 nitrogen and oxygen atoms in total. The van der Waals surface area contributed by atoms with E-state index in [1.807, 2.05) is 0 Å². The zero-order valence-electron chi connectivity index (χ0n) is 8.87. The largest absolute Gasteiger partial charge is 0.480 e. The Hall–Kier alpha value is -0.440. The second-order valence-corrected chi connectivity index (χ2v) is 4.53. The smallest absolute Gasteiger partial charge is 0.316 e. The van der Waals surface area contributed by atoms with Crippen LogP contribution in [-0.4, -0.2) is 22.1 Å². The molecular weight excluding hydrogens is 196 g/mol. The highest BCUT2D eigenvalue weighted by Crippen LogP contribution is 2.18. The number of unbranched alkanes of at least 4 members (excludes halogenated alkanes) is 3. The predicted octanol–water partition coefficient (Wildman–Crippen LogP) is 3.33. The van der Waals surface area contributed by atoms with Crippen LogP contribution < -0.4 is 0 Å². The number of hydrogen-bond donors (Lipinski definition) is 1. The Morgan fingerprint density at radius 3 is 2.71 bits per heavy atom. The molecule has 0 radical (unpaired) electrons. The van der Waals surface area contributed by atoms with Gasteiger partial charge in [-0.25, -0.2) is 0 Å². The molecule has 0 rings (SSSR count). The summed E-state index contributed by atoms with van der Waals surface area (Å²) in [6.45, 7) is 5.74. The van der Waals surface area contributed by atoms with Gasteiger partial charge in [0.2, 0.25) is 0 Å². The van der Waals surface area contributed by atoms with Gasteiger partial charge in [0.15, 0.2) is 0 Å². The van der Waals surface area contributed by atoms with Crippen molar-refractivity contribution in [3.8, 4) is 0 Å². The van der Waals surface area contributed by atoms with Crippen LogP contribution in [0.5, 0.6) is 0 Å². The van der Waals surface area contributed by atoms with Gasteiger partial charge >= 0.3 is 5.97 Å². The topological polar surface area (TPSA) is 37.3 Å². The zero-order valence-corrected chi connectivity index (χ0v) is 9.68. The van der Waals surface area contributed by atoms with Crippen molar-refractivity contribution in [1.29, 1.82) is 0 Å². The number of hydrogen-bond acceptors (Lipinski definition) is 2. The molecule has 0 aromatic rings. The lowest BCUT2D eigenvalue weighted by molar-refractivity contribution is -0.136. The molecule has 1 N–H and O–H groups in total. The molecule has 1 unspecified atom stereocenters. The van der Waals surface area contributed by atoms with Crippen LogP contribution in [0.25, 0.3) is 0 Å². The molecule has 0 heterocycles. The lowest BCUT2D eigenvalue weighted by atomic mass is 10.1. The molecule has 0 saturated heterocycles. The molecule has 3 heteroatoms. The average Bonchev–Trinajstić information content (AvgIpc) is 2.16. The first kappa shape index (κ1) is 13.6. The summed E-state index contributed by atoms with van der Waals surface area (Å²) in [5.74, 6) is 0.0402. The molecule has 0 amide bonds. The van der Waals surface area contributed by atoms with Crippen LogP contribution in [0.3, 0.4) is 0 Å². The average molecular weight is 216 g/mol. The van der Waals surface area contributed by atoms with Crippen molar-refractivity contribution < 1.29 is 9.90 Å². The first-order valence-electron chi connectivity index (χ1n) is 5.17. The summed E-state index contributed by atoms with van der Waals surface area (Å²) < 4.78 is 0. The summed E-state index contributed by atoms with van der Waals surface area (Å²) in [5.41, 5.74) is 0. The third-order valence-corrected chi connectivity index (χ3v) is 3.28. The highest BCUT2D eigenvalue weighted by Gasteiger charge is 2.15. The third-order valence-electron chi connectivity index (χ3n) is 2.01. The van der Waals surface area contributed by atoms with Crippen LogP contribution in [-0.2, 0) is 4.79 Å². The number of aliphatic carboxylic acids is 1. The fourth-order valence-electron chi connectivity index (χ4n) is 1.22. The first-order chi connectivity index (χ1) is 6.72. The van der Waals surface area contributed by atoms with Crippen LogP contribution in [0.4, 0.5) is 0 Å². The molecule has 0 aromatic heterocycles. The Labute approximate surface area is 90.8 Å². The van der Waals surface area contributed by atoms with Crippen molar-refractivity contribution in [3.05, 3.63) is 12.7 Å². The SMILES string of the molecule is C=CCSC(CCCCCC)C(=O)O. The molecule has 0 saturated carbocycles. The molecule has 0 aromatic carbocycles. The van der Waals surface area contributed by atoms with Crippen molar-refractivity contribution in [2.75, 3.05) is 5.75 Å². The lowest BCUT2D eigenvalue weighted by Gasteiger charge is -2.09. The Kier molecular flexibility index (Phi) is 8.84. The molecule has 0 aliphatic rings. The van der Waals surface area contributed by atoms with Crippen LogP contribution in [0.2, 0.25) is 0 Å². The highest BCUT2D eigenvalue weighted by molar-refractivity contribution is 8.00. The Bertz CT molecular complexity index is 169. The fourth-order valence-corrected chi connectivity index (χ4v) is 2.06. The van der Waals surface area contributed by atoms with Crippen molar-refractivity contribution >= 4 is 17.7 Å². The number of carbonyl (C=O) groups is 1. The van der Waals surface area contributed by atoms with E-state index in [1.54, 1.807) is 6.08 Å². The maximum absolute atomic E-state index is 10.8. The maximum Gasteiger partial charge on any atom is 0.316 e. The van der Waals surface area contributed by atoms with E-state index >= 15 is 0 Å². The van der Waals surface area contributed by atoms with E-state index in [0.717, 1.165) is 25.0 Å². The van der Waals surface area contributed by atoms with Gasteiger partial charge in [0, 0.05) is 5.75 Å². The monoisotopic (exact) mass is 216 g/mol.